The fourth-order valence-electron chi connectivity index (χ4n) is 4.69. The van der Waals surface area contributed by atoms with Gasteiger partial charge in [0.2, 0.25) is 11.7 Å². The number of nitro groups is 1. The minimum Gasteiger partial charge on any atom is -0.490 e. The van der Waals surface area contributed by atoms with Crippen LogP contribution in [-0.2, 0) is 4.79 Å². The minimum absolute atomic E-state index is 0. The highest BCUT2D eigenvalue weighted by molar-refractivity contribution is 5.76. The maximum atomic E-state index is 12.8. The molecule has 2 aromatic carbocycles. The van der Waals surface area contributed by atoms with Crippen LogP contribution in [0.25, 0.3) is 0 Å². The van der Waals surface area contributed by atoms with Gasteiger partial charge >= 0.3 is 5.69 Å². The van der Waals surface area contributed by atoms with Crippen LogP contribution in [0.1, 0.15) is 32.3 Å². The Kier molecular flexibility index (Phi) is 9.52. The van der Waals surface area contributed by atoms with Crippen molar-refractivity contribution in [3.8, 4) is 11.5 Å². The molecule has 4 rings (SSSR count). The number of piperazine rings is 1. The fourth-order valence-corrected chi connectivity index (χ4v) is 4.69. The van der Waals surface area contributed by atoms with Gasteiger partial charge in [-0.1, -0.05) is 25.1 Å². The number of likely N-dealkylation sites (tertiary alicyclic amines) is 1. The highest BCUT2D eigenvalue weighted by atomic mass is 16.6. The smallest absolute Gasteiger partial charge is 0.311 e. The van der Waals surface area contributed by atoms with E-state index in [-0.39, 0.29) is 30.9 Å². The number of nitrogens with zero attached hydrogens (tertiary/aromatic N) is 4. The van der Waals surface area contributed by atoms with Crippen molar-refractivity contribution in [3.63, 3.8) is 0 Å². The number of carbonyl (C=O) groups is 1. The number of carbonyl (C=O) groups excluding carboxylic acids is 1. The largest absolute Gasteiger partial charge is 0.490 e. The maximum Gasteiger partial charge on any atom is 0.311 e. The van der Waals surface area contributed by atoms with Crippen LogP contribution in [0.2, 0.25) is 0 Å². The number of piperidine rings is 1. The van der Waals surface area contributed by atoms with Gasteiger partial charge in [-0.25, -0.2) is 0 Å². The lowest BCUT2D eigenvalue weighted by molar-refractivity contribution is -0.385. The first-order valence-corrected chi connectivity index (χ1v) is 12.2. The van der Waals surface area contributed by atoms with Gasteiger partial charge < -0.3 is 19.3 Å². The summed E-state index contributed by atoms with van der Waals surface area (Å²) in [6, 6.07) is 13.2. The van der Waals surface area contributed by atoms with Gasteiger partial charge in [0, 0.05) is 82.9 Å². The number of rotatable bonds is 8. The molecule has 0 N–H and O–H groups in total. The zero-order valence-corrected chi connectivity index (χ0v) is 20.5. The summed E-state index contributed by atoms with van der Waals surface area (Å²) in [7, 11) is 1.40. The van der Waals surface area contributed by atoms with Gasteiger partial charge in [0.25, 0.3) is 0 Å². The standard InChI is InChI=1S/C26H34N4O5.CH4/c1-20-3-5-21(6-4-20)28-17-15-27(16-18-28)12-11-26(31)29-13-9-22(10-14-29)35-23-7-8-24(30(32)33)25(19-23)34-2;/h3-8,19,22H,9-18H2,1-2H3;1H4. The molecule has 2 heterocycles. The summed E-state index contributed by atoms with van der Waals surface area (Å²) in [4.78, 5) is 30.1. The van der Waals surface area contributed by atoms with E-state index < -0.39 is 4.92 Å². The molecule has 0 spiro atoms. The van der Waals surface area contributed by atoms with Crippen molar-refractivity contribution in [3.05, 3.63) is 58.1 Å². The molecule has 2 aromatic rings. The van der Waals surface area contributed by atoms with Gasteiger partial charge in [0.05, 0.1) is 12.0 Å². The summed E-state index contributed by atoms with van der Waals surface area (Å²) < 4.78 is 11.1. The average molecular weight is 499 g/mol. The predicted octanol–water partition coefficient (Wildman–Crippen LogP) is 4.13. The minimum atomic E-state index is -0.476. The number of aryl methyl sites for hydroxylation is 1. The van der Waals surface area contributed by atoms with E-state index in [1.165, 1.54) is 24.4 Å². The predicted molar refractivity (Wildman–Crippen MR) is 141 cm³/mol. The normalized spacial score (nSPS) is 16.8. The molecule has 2 aliphatic rings. The molecular formula is C27H38N4O5. The summed E-state index contributed by atoms with van der Waals surface area (Å²) in [6.45, 7) is 8.11. The van der Waals surface area contributed by atoms with Gasteiger partial charge in [-0.3, -0.25) is 19.8 Å². The molecule has 9 heteroatoms. The Balaban J connectivity index is 0.00000361. The fraction of sp³-hybridized carbons (Fsp3) is 0.519. The van der Waals surface area contributed by atoms with Crippen molar-refractivity contribution in [2.24, 2.45) is 0 Å². The summed E-state index contributed by atoms with van der Waals surface area (Å²) >= 11 is 0. The van der Waals surface area contributed by atoms with Crippen molar-refractivity contribution >= 4 is 17.3 Å². The highest BCUT2D eigenvalue weighted by Gasteiger charge is 2.26. The van der Waals surface area contributed by atoms with E-state index in [9.17, 15) is 14.9 Å². The van der Waals surface area contributed by atoms with E-state index in [2.05, 4.69) is 41.0 Å². The lowest BCUT2D eigenvalue weighted by Crippen LogP contribution is -2.48. The van der Waals surface area contributed by atoms with Crippen LogP contribution in [0.4, 0.5) is 11.4 Å². The lowest BCUT2D eigenvalue weighted by Gasteiger charge is -2.37. The van der Waals surface area contributed by atoms with Crippen LogP contribution in [0.15, 0.2) is 42.5 Å². The number of hydrogen-bond acceptors (Lipinski definition) is 7. The number of methoxy groups -OCH3 is 1. The van der Waals surface area contributed by atoms with Crippen molar-refractivity contribution < 1.29 is 19.2 Å². The summed E-state index contributed by atoms with van der Waals surface area (Å²) in [5.74, 6) is 0.920. The first-order chi connectivity index (χ1) is 16.9. The number of benzene rings is 2. The third-order valence-electron chi connectivity index (χ3n) is 6.86. The molecule has 2 aliphatic heterocycles. The van der Waals surface area contributed by atoms with Crippen molar-refractivity contribution in [2.75, 3.05) is 57.8 Å². The van der Waals surface area contributed by atoms with Crippen LogP contribution in [0, 0.1) is 17.0 Å². The summed E-state index contributed by atoms with van der Waals surface area (Å²) in [5.41, 5.74) is 2.45. The molecule has 2 fully saturated rings. The Hall–Kier alpha value is -3.33. The molecule has 0 aromatic heterocycles. The number of nitro benzene ring substituents is 1. The molecule has 2 saturated heterocycles. The molecule has 0 saturated carbocycles. The van der Waals surface area contributed by atoms with Gasteiger partial charge in [-0.2, -0.15) is 0 Å². The van der Waals surface area contributed by atoms with Crippen LogP contribution in [0.3, 0.4) is 0 Å². The molecule has 0 unspecified atom stereocenters. The second-order valence-corrected chi connectivity index (χ2v) is 9.20. The van der Waals surface area contributed by atoms with Gasteiger partial charge in [-0.15, -0.1) is 0 Å². The van der Waals surface area contributed by atoms with Crippen LogP contribution in [-0.4, -0.2) is 79.7 Å². The van der Waals surface area contributed by atoms with E-state index in [1.807, 2.05) is 4.90 Å². The van der Waals surface area contributed by atoms with E-state index in [0.29, 0.717) is 25.3 Å². The number of hydrogen-bond donors (Lipinski definition) is 0. The Morgan fingerprint density at radius 2 is 1.69 bits per heavy atom. The molecule has 0 radical (unpaired) electrons. The molecule has 0 bridgehead atoms. The SMILES string of the molecule is C.COc1cc(OC2CCN(C(=O)CCN3CCN(c4ccc(C)cc4)CC3)CC2)ccc1[N+](=O)[O-]. The lowest BCUT2D eigenvalue weighted by atomic mass is 10.1. The molecule has 0 aliphatic carbocycles. The van der Waals surface area contributed by atoms with E-state index in [1.54, 1.807) is 12.1 Å². The Bertz CT molecular complexity index is 1010. The number of anilines is 1. The Labute approximate surface area is 213 Å². The summed E-state index contributed by atoms with van der Waals surface area (Å²) in [6.07, 6.45) is 1.98. The third kappa shape index (κ3) is 6.87. The van der Waals surface area contributed by atoms with Crippen LogP contribution < -0.4 is 14.4 Å². The Morgan fingerprint density at radius 1 is 1.03 bits per heavy atom. The molecule has 1 amide bonds. The second kappa shape index (κ2) is 12.6. The molecule has 0 atom stereocenters. The average Bonchev–Trinajstić information content (AvgIpc) is 2.88. The monoisotopic (exact) mass is 498 g/mol. The molecule has 196 valence electrons. The molecular weight excluding hydrogens is 460 g/mol. The molecule has 36 heavy (non-hydrogen) atoms. The highest BCUT2D eigenvalue weighted by Crippen LogP contribution is 2.32. The topological polar surface area (TPSA) is 88.4 Å². The molecule has 9 nitrogen and oxygen atoms in total. The Morgan fingerprint density at radius 3 is 2.31 bits per heavy atom. The first kappa shape index (κ1) is 27.3. The third-order valence-corrected chi connectivity index (χ3v) is 6.86. The van der Waals surface area contributed by atoms with E-state index >= 15 is 0 Å². The van der Waals surface area contributed by atoms with Crippen LogP contribution in [0.5, 0.6) is 11.5 Å². The van der Waals surface area contributed by atoms with Crippen LogP contribution >= 0.6 is 0 Å². The van der Waals surface area contributed by atoms with Gasteiger partial charge in [0.15, 0.2) is 0 Å². The summed E-state index contributed by atoms with van der Waals surface area (Å²) in [5, 5.41) is 11.1. The quantitative estimate of drug-likeness (QED) is 0.399. The zero-order valence-electron chi connectivity index (χ0n) is 20.5. The second-order valence-electron chi connectivity index (χ2n) is 9.20. The van der Waals surface area contributed by atoms with Crippen molar-refractivity contribution in [1.29, 1.82) is 0 Å². The first-order valence-electron chi connectivity index (χ1n) is 12.2. The van der Waals surface area contributed by atoms with Gasteiger partial charge in [0.1, 0.15) is 11.9 Å². The van der Waals surface area contributed by atoms with Gasteiger partial charge in [-0.05, 0) is 25.1 Å². The van der Waals surface area contributed by atoms with Crippen molar-refractivity contribution in [2.45, 2.75) is 39.7 Å². The number of amides is 1. The zero-order chi connectivity index (χ0) is 24.8. The van der Waals surface area contributed by atoms with E-state index in [4.69, 9.17) is 9.47 Å². The van der Waals surface area contributed by atoms with E-state index in [0.717, 1.165) is 45.6 Å². The maximum absolute atomic E-state index is 12.8. The van der Waals surface area contributed by atoms with Crippen molar-refractivity contribution in [1.82, 2.24) is 9.80 Å². The number of ether oxygens (including phenoxy) is 2.